The summed E-state index contributed by atoms with van der Waals surface area (Å²) in [5, 5.41) is 0. The number of likely N-dealkylation sites (N-methyl/N-ethyl adjacent to an activating group) is 1. The number of amides is 1. The van der Waals surface area contributed by atoms with Crippen molar-refractivity contribution in [3.8, 4) is 0 Å². The topological polar surface area (TPSA) is 60.9 Å². The lowest BCUT2D eigenvalue weighted by Crippen LogP contribution is -2.48. The second-order valence-electron chi connectivity index (χ2n) is 5.44. The minimum atomic E-state index is -3.30. The minimum absolute atomic E-state index is 0.0774. The molecule has 1 fully saturated rings. The Labute approximate surface area is 122 Å². The Morgan fingerprint density at radius 2 is 1.80 bits per heavy atom. The first-order valence-electron chi connectivity index (χ1n) is 7.27. The van der Waals surface area contributed by atoms with Crippen LogP contribution in [0.1, 0.15) is 26.2 Å². The van der Waals surface area contributed by atoms with Crippen LogP contribution in [0.5, 0.6) is 0 Å². The molecule has 0 unspecified atom stereocenters. The molecule has 0 spiro atoms. The zero-order valence-corrected chi connectivity index (χ0v) is 13.7. The maximum Gasteiger partial charge on any atom is 0.223 e. The standard InChI is InChI=1S/C13H27N3O3S/c1-4-5-7-15(3)13(17)6-12-20(18,19)16-10-8-14(2)9-11-16/h4-12H2,1-3H3. The predicted molar refractivity (Wildman–Crippen MR) is 80.0 cm³/mol. The lowest BCUT2D eigenvalue weighted by atomic mass is 10.3. The van der Waals surface area contributed by atoms with Crippen LogP contribution in [0.2, 0.25) is 0 Å². The summed E-state index contributed by atoms with van der Waals surface area (Å²) < 4.78 is 25.8. The smallest absolute Gasteiger partial charge is 0.223 e. The summed E-state index contributed by atoms with van der Waals surface area (Å²) in [5.41, 5.74) is 0. The molecule has 0 atom stereocenters. The van der Waals surface area contributed by atoms with Crippen molar-refractivity contribution >= 4 is 15.9 Å². The fourth-order valence-corrected chi connectivity index (χ4v) is 3.53. The Hall–Kier alpha value is -0.660. The van der Waals surface area contributed by atoms with Crippen LogP contribution >= 0.6 is 0 Å². The summed E-state index contributed by atoms with van der Waals surface area (Å²) >= 11 is 0. The van der Waals surface area contributed by atoms with Gasteiger partial charge in [0.2, 0.25) is 15.9 Å². The molecule has 0 radical (unpaired) electrons. The minimum Gasteiger partial charge on any atom is -0.346 e. The quantitative estimate of drug-likeness (QED) is 0.675. The normalized spacial score (nSPS) is 18.1. The zero-order chi connectivity index (χ0) is 15.2. The van der Waals surface area contributed by atoms with Crippen molar-refractivity contribution in [3.63, 3.8) is 0 Å². The SMILES string of the molecule is CCCCN(C)C(=O)CCS(=O)(=O)N1CCN(C)CC1. The molecule has 1 amide bonds. The van der Waals surface area contributed by atoms with Crippen LogP contribution in [0.4, 0.5) is 0 Å². The summed E-state index contributed by atoms with van der Waals surface area (Å²) in [6, 6.07) is 0. The number of hydrogen-bond donors (Lipinski definition) is 0. The van der Waals surface area contributed by atoms with Crippen LogP contribution in [0.25, 0.3) is 0 Å². The molecule has 7 heteroatoms. The monoisotopic (exact) mass is 305 g/mol. The van der Waals surface area contributed by atoms with Crippen molar-refractivity contribution in [2.24, 2.45) is 0 Å². The van der Waals surface area contributed by atoms with Gasteiger partial charge in [0, 0.05) is 46.2 Å². The maximum absolute atomic E-state index is 12.2. The van der Waals surface area contributed by atoms with Crippen molar-refractivity contribution < 1.29 is 13.2 Å². The van der Waals surface area contributed by atoms with Gasteiger partial charge in [-0.25, -0.2) is 8.42 Å². The van der Waals surface area contributed by atoms with E-state index in [-0.39, 0.29) is 18.1 Å². The van der Waals surface area contributed by atoms with Gasteiger partial charge in [-0.15, -0.1) is 0 Å². The van der Waals surface area contributed by atoms with Gasteiger partial charge in [0.25, 0.3) is 0 Å². The van der Waals surface area contributed by atoms with E-state index < -0.39 is 10.0 Å². The van der Waals surface area contributed by atoms with Crippen LogP contribution in [-0.4, -0.2) is 81.0 Å². The molecular weight excluding hydrogens is 278 g/mol. The highest BCUT2D eigenvalue weighted by molar-refractivity contribution is 7.89. The Balaban J connectivity index is 2.41. The third-order valence-corrected chi connectivity index (χ3v) is 5.57. The van der Waals surface area contributed by atoms with Gasteiger partial charge < -0.3 is 9.80 Å². The molecule has 1 aliphatic heterocycles. The van der Waals surface area contributed by atoms with Crippen LogP contribution in [0.15, 0.2) is 0 Å². The van der Waals surface area contributed by atoms with Crippen molar-refractivity contribution in [1.82, 2.24) is 14.1 Å². The number of rotatable bonds is 7. The summed E-state index contributed by atoms with van der Waals surface area (Å²) in [7, 11) is 0.422. The summed E-state index contributed by atoms with van der Waals surface area (Å²) in [6.07, 6.45) is 2.06. The van der Waals surface area contributed by atoms with Crippen LogP contribution in [0.3, 0.4) is 0 Å². The van der Waals surface area contributed by atoms with Crippen molar-refractivity contribution in [3.05, 3.63) is 0 Å². The number of hydrogen-bond acceptors (Lipinski definition) is 4. The molecule has 0 aromatic carbocycles. The molecule has 0 aromatic heterocycles. The molecule has 0 saturated carbocycles. The van der Waals surface area contributed by atoms with Gasteiger partial charge in [0.15, 0.2) is 0 Å². The van der Waals surface area contributed by atoms with Gasteiger partial charge in [-0.05, 0) is 13.5 Å². The van der Waals surface area contributed by atoms with E-state index >= 15 is 0 Å². The number of carbonyl (C=O) groups is 1. The number of sulfonamides is 1. The molecule has 1 saturated heterocycles. The van der Waals surface area contributed by atoms with Crippen molar-refractivity contribution in [2.75, 3.05) is 52.6 Å². The second-order valence-corrected chi connectivity index (χ2v) is 7.53. The van der Waals surface area contributed by atoms with Crippen LogP contribution < -0.4 is 0 Å². The van der Waals surface area contributed by atoms with Gasteiger partial charge in [-0.2, -0.15) is 4.31 Å². The lowest BCUT2D eigenvalue weighted by molar-refractivity contribution is -0.129. The van der Waals surface area contributed by atoms with Crippen LogP contribution in [-0.2, 0) is 14.8 Å². The van der Waals surface area contributed by atoms with E-state index in [9.17, 15) is 13.2 Å². The Morgan fingerprint density at radius 1 is 1.20 bits per heavy atom. The fourth-order valence-electron chi connectivity index (χ4n) is 2.12. The van der Waals surface area contributed by atoms with Gasteiger partial charge in [-0.3, -0.25) is 4.79 Å². The fraction of sp³-hybridized carbons (Fsp3) is 0.923. The molecule has 118 valence electrons. The number of nitrogens with zero attached hydrogens (tertiary/aromatic N) is 3. The Morgan fingerprint density at radius 3 is 2.35 bits per heavy atom. The van der Waals surface area contributed by atoms with Gasteiger partial charge in [-0.1, -0.05) is 13.3 Å². The predicted octanol–water partition coefficient (Wildman–Crippen LogP) is 0.212. The second kappa shape index (κ2) is 7.95. The summed E-state index contributed by atoms with van der Waals surface area (Å²) in [6.45, 7) is 5.32. The van der Waals surface area contributed by atoms with Crippen LogP contribution in [0, 0.1) is 0 Å². The number of piperazine rings is 1. The van der Waals surface area contributed by atoms with Gasteiger partial charge in [0.1, 0.15) is 0 Å². The van der Waals surface area contributed by atoms with Gasteiger partial charge >= 0.3 is 0 Å². The Kier molecular flexibility index (Phi) is 6.91. The van der Waals surface area contributed by atoms with E-state index in [0.717, 1.165) is 25.9 Å². The average Bonchev–Trinajstić information content (AvgIpc) is 2.42. The summed E-state index contributed by atoms with van der Waals surface area (Å²) in [5.74, 6) is -0.164. The van der Waals surface area contributed by atoms with E-state index in [0.29, 0.717) is 19.6 Å². The van der Waals surface area contributed by atoms with E-state index in [1.165, 1.54) is 4.31 Å². The number of carbonyl (C=O) groups excluding carboxylic acids is 1. The van der Waals surface area contributed by atoms with Crippen molar-refractivity contribution in [2.45, 2.75) is 26.2 Å². The molecule has 0 N–H and O–H groups in total. The van der Waals surface area contributed by atoms with E-state index in [2.05, 4.69) is 11.8 Å². The maximum atomic E-state index is 12.2. The molecule has 0 aliphatic carbocycles. The average molecular weight is 305 g/mol. The molecular formula is C13H27N3O3S. The molecule has 1 heterocycles. The van der Waals surface area contributed by atoms with Gasteiger partial charge in [0.05, 0.1) is 5.75 Å². The molecule has 20 heavy (non-hydrogen) atoms. The largest absolute Gasteiger partial charge is 0.346 e. The van der Waals surface area contributed by atoms with E-state index in [1.807, 2.05) is 7.05 Å². The summed E-state index contributed by atoms with van der Waals surface area (Å²) in [4.78, 5) is 15.6. The molecule has 0 aromatic rings. The Bertz CT molecular complexity index is 403. The highest BCUT2D eigenvalue weighted by Crippen LogP contribution is 2.09. The third-order valence-electron chi connectivity index (χ3n) is 3.70. The molecule has 0 bridgehead atoms. The molecule has 1 rings (SSSR count). The number of unbranched alkanes of at least 4 members (excludes halogenated alkanes) is 1. The molecule has 6 nitrogen and oxygen atoms in total. The molecule has 1 aliphatic rings. The highest BCUT2D eigenvalue weighted by Gasteiger charge is 2.26. The lowest BCUT2D eigenvalue weighted by Gasteiger charge is -2.31. The zero-order valence-electron chi connectivity index (χ0n) is 12.8. The third kappa shape index (κ3) is 5.38. The van der Waals surface area contributed by atoms with E-state index in [4.69, 9.17) is 0 Å². The first kappa shape index (κ1) is 17.4. The van der Waals surface area contributed by atoms with E-state index in [1.54, 1.807) is 11.9 Å². The first-order valence-corrected chi connectivity index (χ1v) is 8.88. The van der Waals surface area contributed by atoms with Crippen molar-refractivity contribution in [1.29, 1.82) is 0 Å². The first-order chi connectivity index (χ1) is 9.36. The highest BCUT2D eigenvalue weighted by atomic mass is 32.2.